The van der Waals surface area contributed by atoms with Crippen LogP contribution in [-0.4, -0.2) is 35.3 Å². The zero-order valence-electron chi connectivity index (χ0n) is 8.90. The highest BCUT2D eigenvalue weighted by Crippen LogP contribution is 2.20. The van der Waals surface area contributed by atoms with Crippen molar-refractivity contribution < 1.29 is 23.4 Å². The standard InChI is InChI=1S/C11H11F2NO3/c12-9-2-1-7(5-10(9)13)17-8-3-4-14(6-8)11(15)16/h1-2,5,8H,3-4,6H2,(H,15,16)/t8-/m0/s1. The molecule has 0 spiro atoms. The number of rotatable bonds is 2. The number of hydrogen-bond acceptors (Lipinski definition) is 2. The van der Waals surface area contributed by atoms with Crippen LogP contribution in [0.5, 0.6) is 5.75 Å². The van der Waals surface area contributed by atoms with E-state index in [4.69, 9.17) is 9.84 Å². The number of hydrogen-bond donors (Lipinski definition) is 1. The van der Waals surface area contributed by atoms with E-state index in [0.29, 0.717) is 13.0 Å². The molecule has 1 amide bonds. The Kier molecular flexibility index (Phi) is 3.12. The number of carbonyl (C=O) groups is 1. The summed E-state index contributed by atoms with van der Waals surface area (Å²) < 4.78 is 30.9. The van der Waals surface area contributed by atoms with Crippen molar-refractivity contribution in [1.82, 2.24) is 4.90 Å². The maximum Gasteiger partial charge on any atom is 0.407 e. The predicted molar refractivity (Wildman–Crippen MR) is 55.0 cm³/mol. The van der Waals surface area contributed by atoms with E-state index in [1.165, 1.54) is 11.0 Å². The first kappa shape index (κ1) is 11.6. The van der Waals surface area contributed by atoms with Crippen molar-refractivity contribution in [2.24, 2.45) is 0 Å². The van der Waals surface area contributed by atoms with Gasteiger partial charge in [-0.3, -0.25) is 0 Å². The third kappa shape index (κ3) is 2.64. The fourth-order valence-electron chi connectivity index (χ4n) is 1.74. The Labute approximate surface area is 96.4 Å². The molecule has 1 aromatic carbocycles. The molecule has 0 aliphatic carbocycles. The van der Waals surface area contributed by atoms with Gasteiger partial charge in [-0.1, -0.05) is 0 Å². The van der Waals surface area contributed by atoms with Gasteiger partial charge >= 0.3 is 6.09 Å². The van der Waals surface area contributed by atoms with Crippen LogP contribution in [0.25, 0.3) is 0 Å². The Morgan fingerprint density at radius 3 is 2.76 bits per heavy atom. The fourth-order valence-corrected chi connectivity index (χ4v) is 1.74. The number of nitrogens with zero attached hydrogens (tertiary/aromatic N) is 1. The van der Waals surface area contributed by atoms with E-state index >= 15 is 0 Å². The number of likely N-dealkylation sites (tertiary alicyclic amines) is 1. The van der Waals surface area contributed by atoms with Crippen molar-refractivity contribution >= 4 is 6.09 Å². The zero-order valence-corrected chi connectivity index (χ0v) is 8.90. The lowest BCUT2D eigenvalue weighted by Gasteiger charge is -2.14. The summed E-state index contributed by atoms with van der Waals surface area (Å²) >= 11 is 0. The van der Waals surface area contributed by atoms with E-state index in [-0.39, 0.29) is 18.4 Å². The minimum Gasteiger partial charge on any atom is -0.488 e. The number of ether oxygens (including phenoxy) is 1. The van der Waals surface area contributed by atoms with Gasteiger partial charge in [0.1, 0.15) is 11.9 Å². The van der Waals surface area contributed by atoms with E-state index in [1.54, 1.807) is 0 Å². The highest BCUT2D eigenvalue weighted by Gasteiger charge is 2.27. The van der Waals surface area contributed by atoms with Crippen molar-refractivity contribution in [3.63, 3.8) is 0 Å². The molecule has 1 aliphatic heterocycles. The molecular formula is C11H11F2NO3. The lowest BCUT2D eigenvalue weighted by atomic mass is 10.3. The molecule has 1 heterocycles. The Morgan fingerprint density at radius 1 is 1.41 bits per heavy atom. The van der Waals surface area contributed by atoms with Crippen LogP contribution in [0.4, 0.5) is 13.6 Å². The van der Waals surface area contributed by atoms with Crippen LogP contribution < -0.4 is 4.74 Å². The van der Waals surface area contributed by atoms with E-state index in [9.17, 15) is 13.6 Å². The monoisotopic (exact) mass is 243 g/mol. The number of amides is 1. The first-order chi connectivity index (χ1) is 8.06. The molecule has 0 unspecified atom stereocenters. The number of carboxylic acid groups (broad SMARTS) is 1. The summed E-state index contributed by atoms with van der Waals surface area (Å²) in [5, 5.41) is 8.74. The maximum atomic E-state index is 12.9. The van der Waals surface area contributed by atoms with Crippen molar-refractivity contribution in [1.29, 1.82) is 0 Å². The SMILES string of the molecule is O=C(O)N1CC[C@H](Oc2ccc(F)c(F)c2)C1. The van der Waals surface area contributed by atoms with Crippen LogP contribution >= 0.6 is 0 Å². The smallest absolute Gasteiger partial charge is 0.407 e. The van der Waals surface area contributed by atoms with Gasteiger partial charge in [0.05, 0.1) is 6.54 Å². The summed E-state index contributed by atoms with van der Waals surface area (Å²) in [6.07, 6.45) is -0.761. The molecule has 1 atom stereocenters. The molecule has 0 bridgehead atoms. The molecule has 2 rings (SSSR count). The molecule has 6 heteroatoms. The van der Waals surface area contributed by atoms with Crippen LogP contribution in [0, 0.1) is 11.6 Å². The summed E-state index contributed by atoms with van der Waals surface area (Å²) in [4.78, 5) is 11.9. The highest BCUT2D eigenvalue weighted by molar-refractivity contribution is 5.65. The van der Waals surface area contributed by atoms with Gasteiger partial charge in [-0.05, 0) is 12.1 Å². The summed E-state index contributed by atoms with van der Waals surface area (Å²) in [7, 11) is 0. The van der Waals surface area contributed by atoms with Gasteiger partial charge in [-0.25, -0.2) is 13.6 Å². The maximum absolute atomic E-state index is 12.9. The van der Waals surface area contributed by atoms with Gasteiger partial charge in [-0.15, -0.1) is 0 Å². The van der Waals surface area contributed by atoms with Crippen LogP contribution in [-0.2, 0) is 0 Å². The van der Waals surface area contributed by atoms with Gasteiger partial charge < -0.3 is 14.7 Å². The second-order valence-electron chi connectivity index (χ2n) is 3.83. The first-order valence-electron chi connectivity index (χ1n) is 5.16. The van der Waals surface area contributed by atoms with Crippen LogP contribution in [0.15, 0.2) is 18.2 Å². The molecule has 1 aliphatic rings. The van der Waals surface area contributed by atoms with E-state index in [1.807, 2.05) is 0 Å². The topological polar surface area (TPSA) is 49.8 Å². The van der Waals surface area contributed by atoms with Crippen molar-refractivity contribution in [2.75, 3.05) is 13.1 Å². The molecule has 0 saturated carbocycles. The normalized spacial score (nSPS) is 19.4. The van der Waals surface area contributed by atoms with Gasteiger partial charge in [0.25, 0.3) is 0 Å². The first-order valence-corrected chi connectivity index (χ1v) is 5.16. The Hall–Kier alpha value is -1.85. The molecule has 17 heavy (non-hydrogen) atoms. The summed E-state index contributed by atoms with van der Waals surface area (Å²) in [6, 6.07) is 3.26. The average molecular weight is 243 g/mol. The second-order valence-corrected chi connectivity index (χ2v) is 3.83. The summed E-state index contributed by atoms with van der Waals surface area (Å²) in [5.41, 5.74) is 0. The Balaban J connectivity index is 1.98. The molecule has 1 N–H and O–H groups in total. The molecular weight excluding hydrogens is 232 g/mol. The Bertz CT molecular complexity index is 439. The summed E-state index contributed by atoms with van der Waals surface area (Å²) in [5.74, 6) is -1.70. The van der Waals surface area contributed by atoms with Crippen molar-refractivity contribution in [2.45, 2.75) is 12.5 Å². The van der Waals surface area contributed by atoms with Gasteiger partial charge in [0, 0.05) is 19.0 Å². The minimum absolute atomic E-state index is 0.209. The van der Waals surface area contributed by atoms with E-state index in [2.05, 4.69) is 0 Å². The lowest BCUT2D eigenvalue weighted by molar-refractivity contribution is 0.145. The average Bonchev–Trinajstić information content (AvgIpc) is 2.72. The molecule has 1 aromatic rings. The van der Waals surface area contributed by atoms with Gasteiger partial charge in [-0.2, -0.15) is 0 Å². The highest BCUT2D eigenvalue weighted by atomic mass is 19.2. The Morgan fingerprint density at radius 2 is 2.18 bits per heavy atom. The number of benzene rings is 1. The third-order valence-electron chi connectivity index (χ3n) is 2.61. The number of halogens is 2. The molecule has 1 fully saturated rings. The zero-order chi connectivity index (χ0) is 12.4. The molecule has 92 valence electrons. The van der Waals surface area contributed by atoms with Crippen LogP contribution in [0.2, 0.25) is 0 Å². The van der Waals surface area contributed by atoms with Crippen LogP contribution in [0.3, 0.4) is 0 Å². The predicted octanol–water partition coefficient (Wildman–Crippen LogP) is 2.10. The quantitative estimate of drug-likeness (QED) is 0.865. The van der Waals surface area contributed by atoms with Gasteiger partial charge in [0.15, 0.2) is 11.6 Å². The van der Waals surface area contributed by atoms with E-state index in [0.717, 1.165) is 12.1 Å². The minimum atomic E-state index is -0.999. The second kappa shape index (κ2) is 4.57. The molecule has 0 radical (unpaired) electrons. The largest absolute Gasteiger partial charge is 0.488 e. The van der Waals surface area contributed by atoms with Crippen molar-refractivity contribution in [3.05, 3.63) is 29.8 Å². The molecule has 0 aromatic heterocycles. The van der Waals surface area contributed by atoms with Crippen molar-refractivity contribution in [3.8, 4) is 5.75 Å². The van der Waals surface area contributed by atoms with Gasteiger partial charge in [0.2, 0.25) is 0 Å². The van der Waals surface area contributed by atoms with E-state index < -0.39 is 17.7 Å². The lowest BCUT2D eigenvalue weighted by Crippen LogP contribution is -2.29. The molecule has 1 saturated heterocycles. The molecule has 4 nitrogen and oxygen atoms in total. The fraction of sp³-hybridized carbons (Fsp3) is 0.364. The summed E-state index contributed by atoms with van der Waals surface area (Å²) in [6.45, 7) is 0.637. The third-order valence-corrected chi connectivity index (χ3v) is 2.61. The van der Waals surface area contributed by atoms with Crippen LogP contribution in [0.1, 0.15) is 6.42 Å².